The topological polar surface area (TPSA) is 61.4 Å². The Balaban J connectivity index is 1.56. The lowest BCUT2D eigenvalue weighted by Gasteiger charge is -2.13. The van der Waals surface area contributed by atoms with E-state index >= 15 is 0 Å². The Kier molecular flexibility index (Phi) is 4.65. The lowest BCUT2D eigenvalue weighted by molar-refractivity contribution is 0.0969. The molecule has 144 valence electrons. The molecule has 0 saturated carbocycles. The number of aromatic nitrogens is 4. The van der Waals surface area contributed by atoms with Crippen molar-refractivity contribution >= 4 is 39.1 Å². The average molecular weight is 417 g/mol. The van der Waals surface area contributed by atoms with E-state index in [1.165, 1.54) is 35.2 Å². The van der Waals surface area contributed by atoms with E-state index < -0.39 is 0 Å². The fraction of sp³-hybridized carbons (Fsp3) is 0.316. The number of halogens is 1. The van der Waals surface area contributed by atoms with Gasteiger partial charge in [-0.05, 0) is 42.0 Å². The maximum absolute atomic E-state index is 13.1. The summed E-state index contributed by atoms with van der Waals surface area (Å²) < 4.78 is 23.2. The first kappa shape index (κ1) is 17.8. The largest absolute Gasteiger partial charge is 0.376 e. The van der Waals surface area contributed by atoms with Crippen molar-refractivity contribution in [2.75, 3.05) is 6.61 Å². The van der Waals surface area contributed by atoms with Crippen LogP contribution in [-0.4, -0.2) is 31.9 Å². The Hall–Kier alpha value is -2.23. The molecular formula is C19H17FN4O2S2. The number of rotatable bonds is 5. The highest BCUT2D eigenvalue weighted by Gasteiger charge is 2.22. The molecule has 5 rings (SSSR count). The number of hydrogen-bond acceptors (Lipinski definition) is 6. The van der Waals surface area contributed by atoms with Gasteiger partial charge in [0.25, 0.3) is 5.56 Å². The minimum Gasteiger partial charge on any atom is -0.376 e. The maximum Gasteiger partial charge on any atom is 0.272 e. The van der Waals surface area contributed by atoms with Crippen LogP contribution < -0.4 is 5.56 Å². The lowest BCUT2D eigenvalue weighted by Crippen LogP contribution is -2.28. The van der Waals surface area contributed by atoms with Crippen molar-refractivity contribution in [2.24, 2.45) is 0 Å². The van der Waals surface area contributed by atoms with Crippen LogP contribution in [0.1, 0.15) is 18.4 Å². The van der Waals surface area contributed by atoms with Crippen LogP contribution in [0.25, 0.3) is 16.0 Å². The zero-order valence-electron chi connectivity index (χ0n) is 14.9. The molecule has 1 aromatic carbocycles. The number of benzene rings is 1. The van der Waals surface area contributed by atoms with Gasteiger partial charge in [-0.1, -0.05) is 23.9 Å². The third kappa shape index (κ3) is 3.13. The molecule has 4 heterocycles. The van der Waals surface area contributed by atoms with E-state index in [-0.39, 0.29) is 17.5 Å². The predicted molar refractivity (Wildman–Crippen MR) is 108 cm³/mol. The van der Waals surface area contributed by atoms with Crippen LogP contribution in [0.4, 0.5) is 4.39 Å². The zero-order chi connectivity index (χ0) is 19.1. The molecule has 1 fully saturated rings. The highest BCUT2D eigenvalue weighted by molar-refractivity contribution is 7.98. The van der Waals surface area contributed by atoms with Crippen molar-refractivity contribution < 1.29 is 9.13 Å². The first-order valence-corrected chi connectivity index (χ1v) is 10.9. The van der Waals surface area contributed by atoms with Crippen LogP contribution in [0.5, 0.6) is 0 Å². The van der Waals surface area contributed by atoms with Crippen LogP contribution >= 0.6 is 23.1 Å². The van der Waals surface area contributed by atoms with E-state index in [9.17, 15) is 9.18 Å². The Bertz CT molecular complexity index is 1190. The van der Waals surface area contributed by atoms with Gasteiger partial charge in [0.05, 0.1) is 18.2 Å². The van der Waals surface area contributed by atoms with Crippen molar-refractivity contribution in [2.45, 2.75) is 36.4 Å². The van der Waals surface area contributed by atoms with Crippen molar-refractivity contribution in [1.29, 1.82) is 0 Å². The molecule has 1 saturated heterocycles. The van der Waals surface area contributed by atoms with E-state index in [0.29, 0.717) is 27.9 Å². The molecule has 0 radical (unpaired) electrons. The summed E-state index contributed by atoms with van der Waals surface area (Å²) in [7, 11) is 0. The summed E-state index contributed by atoms with van der Waals surface area (Å²) >= 11 is 2.94. The van der Waals surface area contributed by atoms with Gasteiger partial charge in [-0.2, -0.15) is 0 Å². The summed E-state index contributed by atoms with van der Waals surface area (Å²) in [6, 6.07) is 8.36. The average Bonchev–Trinajstić information content (AvgIpc) is 3.44. The zero-order valence-corrected chi connectivity index (χ0v) is 16.5. The molecule has 0 amide bonds. The van der Waals surface area contributed by atoms with Crippen molar-refractivity contribution in [3.05, 3.63) is 57.4 Å². The second kappa shape index (κ2) is 7.31. The van der Waals surface area contributed by atoms with Gasteiger partial charge in [0.15, 0.2) is 5.16 Å². The van der Waals surface area contributed by atoms with Crippen molar-refractivity contribution in [1.82, 2.24) is 19.2 Å². The van der Waals surface area contributed by atoms with E-state index in [4.69, 9.17) is 4.74 Å². The molecule has 0 bridgehead atoms. The van der Waals surface area contributed by atoms with Crippen molar-refractivity contribution in [3.8, 4) is 0 Å². The summed E-state index contributed by atoms with van der Waals surface area (Å²) in [5, 5.41) is 11.3. The molecule has 1 atom stereocenters. The minimum atomic E-state index is -0.250. The van der Waals surface area contributed by atoms with Crippen LogP contribution in [0.2, 0.25) is 0 Å². The minimum absolute atomic E-state index is 0.0333. The Labute approximate surface area is 168 Å². The molecule has 1 unspecified atom stereocenters. The SMILES string of the molecule is O=c1c2sccc2n2c(SCc3ccc(F)cc3)nnc2n1CC1CCCO1. The molecular weight excluding hydrogens is 399 g/mol. The number of ether oxygens (including phenoxy) is 1. The summed E-state index contributed by atoms with van der Waals surface area (Å²) in [6.07, 6.45) is 2.00. The van der Waals surface area contributed by atoms with Gasteiger partial charge in [0, 0.05) is 12.4 Å². The molecule has 9 heteroatoms. The smallest absolute Gasteiger partial charge is 0.272 e. The Morgan fingerprint density at radius 3 is 2.89 bits per heavy atom. The Morgan fingerprint density at radius 1 is 1.25 bits per heavy atom. The fourth-order valence-corrected chi connectivity index (χ4v) is 5.20. The molecule has 28 heavy (non-hydrogen) atoms. The third-order valence-electron chi connectivity index (χ3n) is 4.87. The highest BCUT2D eigenvalue weighted by atomic mass is 32.2. The van der Waals surface area contributed by atoms with Gasteiger partial charge >= 0.3 is 0 Å². The molecule has 0 N–H and O–H groups in total. The molecule has 0 aliphatic carbocycles. The monoisotopic (exact) mass is 416 g/mol. The fourth-order valence-electron chi connectivity index (χ4n) is 3.48. The van der Waals surface area contributed by atoms with E-state index in [1.54, 1.807) is 16.7 Å². The third-order valence-corrected chi connectivity index (χ3v) is 6.77. The molecule has 1 aliphatic rings. The van der Waals surface area contributed by atoms with E-state index in [1.807, 2.05) is 15.8 Å². The summed E-state index contributed by atoms with van der Waals surface area (Å²) in [5.41, 5.74) is 1.77. The number of thioether (sulfide) groups is 1. The molecule has 0 spiro atoms. The molecule has 6 nitrogen and oxygen atoms in total. The maximum atomic E-state index is 13.1. The van der Waals surface area contributed by atoms with Gasteiger partial charge in [-0.15, -0.1) is 21.5 Å². The normalized spacial score (nSPS) is 17.1. The van der Waals surface area contributed by atoms with Gasteiger partial charge in [0.2, 0.25) is 5.78 Å². The number of fused-ring (bicyclic) bond motifs is 3. The second-order valence-corrected chi connectivity index (χ2v) is 8.58. The van der Waals surface area contributed by atoms with Crippen LogP contribution in [0.3, 0.4) is 0 Å². The molecule has 3 aromatic heterocycles. The summed E-state index contributed by atoms with van der Waals surface area (Å²) in [4.78, 5) is 13.0. The first-order chi connectivity index (χ1) is 13.7. The standard InChI is InChI=1S/C19H17FN4O2S2/c20-13-5-3-12(4-6-13)11-28-19-22-21-18-23(10-14-2-1-8-26-14)17(25)16-15(24(18)19)7-9-27-16/h3-7,9,14H,1-2,8,10-11H2. The van der Waals surface area contributed by atoms with Crippen molar-refractivity contribution in [3.63, 3.8) is 0 Å². The van der Waals surface area contributed by atoms with E-state index in [2.05, 4.69) is 10.2 Å². The number of nitrogens with zero attached hydrogens (tertiary/aromatic N) is 4. The highest BCUT2D eigenvalue weighted by Crippen LogP contribution is 2.27. The lowest BCUT2D eigenvalue weighted by atomic mass is 10.2. The van der Waals surface area contributed by atoms with Gasteiger partial charge in [0.1, 0.15) is 10.5 Å². The summed E-state index contributed by atoms with van der Waals surface area (Å²) in [5.74, 6) is 0.921. The molecule has 1 aliphatic heterocycles. The quantitative estimate of drug-likeness (QED) is 0.464. The first-order valence-electron chi connectivity index (χ1n) is 9.05. The Morgan fingerprint density at radius 2 is 2.11 bits per heavy atom. The van der Waals surface area contributed by atoms with Gasteiger partial charge in [-0.3, -0.25) is 13.8 Å². The van der Waals surface area contributed by atoms with Crippen LogP contribution in [0.15, 0.2) is 45.7 Å². The number of thiophene rings is 1. The number of hydrogen-bond donors (Lipinski definition) is 0. The predicted octanol–water partition coefficient (Wildman–Crippen LogP) is 3.72. The second-order valence-electron chi connectivity index (χ2n) is 6.72. The van der Waals surface area contributed by atoms with Crippen LogP contribution in [0, 0.1) is 5.82 Å². The van der Waals surface area contributed by atoms with E-state index in [0.717, 1.165) is 30.5 Å². The van der Waals surface area contributed by atoms with Gasteiger partial charge < -0.3 is 4.74 Å². The van der Waals surface area contributed by atoms with Crippen LogP contribution in [-0.2, 0) is 17.0 Å². The van der Waals surface area contributed by atoms with Gasteiger partial charge in [-0.25, -0.2) is 4.39 Å². The molecule has 4 aromatic rings. The summed E-state index contributed by atoms with van der Waals surface area (Å²) in [6.45, 7) is 1.22.